The Morgan fingerprint density at radius 2 is 1.76 bits per heavy atom. The third kappa shape index (κ3) is 3.04. The van der Waals surface area contributed by atoms with Gasteiger partial charge in [-0.25, -0.2) is 4.39 Å². The van der Waals surface area contributed by atoms with E-state index in [0.29, 0.717) is 0 Å². The summed E-state index contributed by atoms with van der Waals surface area (Å²) in [5.41, 5.74) is 2.54. The predicted molar refractivity (Wildman–Crippen MR) is 64.8 cm³/mol. The first kappa shape index (κ1) is 11.6. The second-order valence-electron chi connectivity index (χ2n) is 4.09. The molecule has 0 aromatic heterocycles. The molecule has 0 saturated heterocycles. The molecule has 2 heteroatoms. The van der Waals surface area contributed by atoms with Gasteiger partial charge in [-0.05, 0) is 49.9 Å². The molecule has 17 heavy (non-hydrogen) atoms. The fraction of sp³-hybridized carbons (Fsp3) is 0.267. The van der Waals surface area contributed by atoms with Gasteiger partial charge in [-0.15, -0.1) is 0 Å². The molecule has 0 amide bonds. The number of halogens is 1. The van der Waals surface area contributed by atoms with Gasteiger partial charge in [0.25, 0.3) is 0 Å². The lowest BCUT2D eigenvalue weighted by molar-refractivity contribution is -0.105. The number of hydrogen-bond donors (Lipinski definition) is 0. The zero-order valence-electron chi connectivity index (χ0n) is 9.50. The first-order valence-electron chi connectivity index (χ1n) is 5.74. The molecule has 86 valence electrons. The molecule has 0 bridgehead atoms. The summed E-state index contributed by atoms with van der Waals surface area (Å²) in [6.07, 6.45) is 4.77. The maximum Gasteiger partial charge on any atom is 0.146 e. The molecular formula is C15H13FO. The van der Waals surface area contributed by atoms with Crippen LogP contribution >= 0.6 is 0 Å². The summed E-state index contributed by atoms with van der Waals surface area (Å²) in [6.45, 7) is 0. The Bertz CT molecular complexity index is 500. The number of allylic oxidation sites excluding steroid dienone is 2. The summed E-state index contributed by atoms with van der Waals surface area (Å²) in [6, 6.07) is 6.07. The lowest BCUT2D eigenvalue weighted by Crippen LogP contribution is -1.99. The van der Waals surface area contributed by atoms with E-state index in [1.807, 2.05) is 0 Å². The molecule has 0 saturated carbocycles. The van der Waals surface area contributed by atoms with Gasteiger partial charge in [-0.1, -0.05) is 11.8 Å². The lowest BCUT2D eigenvalue weighted by atomic mass is 9.93. The average Bonchev–Trinajstić information content (AvgIpc) is 2.38. The van der Waals surface area contributed by atoms with Crippen LogP contribution in [0, 0.1) is 17.7 Å². The Kier molecular flexibility index (Phi) is 3.72. The minimum Gasteiger partial charge on any atom is -0.298 e. The van der Waals surface area contributed by atoms with Gasteiger partial charge in [0.2, 0.25) is 0 Å². The second-order valence-corrected chi connectivity index (χ2v) is 4.09. The van der Waals surface area contributed by atoms with Crippen LogP contribution in [0.4, 0.5) is 4.39 Å². The zero-order chi connectivity index (χ0) is 12.1. The molecule has 0 unspecified atom stereocenters. The fourth-order valence-electron chi connectivity index (χ4n) is 1.88. The van der Waals surface area contributed by atoms with Crippen molar-refractivity contribution in [3.63, 3.8) is 0 Å². The highest BCUT2D eigenvalue weighted by Gasteiger charge is 2.09. The maximum absolute atomic E-state index is 12.7. The maximum atomic E-state index is 12.7. The molecule has 0 aliphatic heterocycles. The highest BCUT2D eigenvalue weighted by atomic mass is 19.1. The lowest BCUT2D eigenvalue weighted by Gasteiger charge is -2.11. The van der Waals surface area contributed by atoms with Crippen molar-refractivity contribution >= 4 is 6.29 Å². The summed E-state index contributed by atoms with van der Waals surface area (Å²) < 4.78 is 12.7. The van der Waals surface area contributed by atoms with Gasteiger partial charge in [0, 0.05) is 16.7 Å². The molecule has 1 nitrogen and oxygen atoms in total. The minimum atomic E-state index is -0.263. The van der Waals surface area contributed by atoms with Crippen LogP contribution in [-0.4, -0.2) is 6.29 Å². The molecular weight excluding hydrogens is 215 g/mol. The average molecular weight is 228 g/mol. The van der Waals surface area contributed by atoms with E-state index < -0.39 is 0 Å². The van der Waals surface area contributed by atoms with Crippen molar-refractivity contribution in [2.75, 3.05) is 0 Å². The summed E-state index contributed by atoms with van der Waals surface area (Å²) in [7, 11) is 0. The van der Waals surface area contributed by atoms with Gasteiger partial charge in [-0.3, -0.25) is 4.79 Å². The summed E-state index contributed by atoms with van der Waals surface area (Å²) in [4.78, 5) is 10.9. The zero-order valence-corrected chi connectivity index (χ0v) is 9.50. The molecule has 1 aliphatic rings. The smallest absolute Gasteiger partial charge is 0.146 e. The van der Waals surface area contributed by atoms with Crippen LogP contribution < -0.4 is 0 Å². The summed E-state index contributed by atoms with van der Waals surface area (Å²) >= 11 is 0. The number of hydrogen-bond acceptors (Lipinski definition) is 1. The van der Waals surface area contributed by atoms with E-state index in [9.17, 15) is 9.18 Å². The minimum absolute atomic E-state index is 0.263. The third-order valence-electron chi connectivity index (χ3n) is 2.85. The molecule has 0 atom stereocenters. The molecule has 1 aliphatic carbocycles. The van der Waals surface area contributed by atoms with Crippen molar-refractivity contribution in [3.8, 4) is 11.8 Å². The molecule has 0 radical (unpaired) electrons. The van der Waals surface area contributed by atoms with Crippen LogP contribution in [0.25, 0.3) is 0 Å². The topological polar surface area (TPSA) is 17.1 Å². The summed E-state index contributed by atoms with van der Waals surface area (Å²) in [5.74, 6) is 5.74. The standard InChI is InChI=1S/C15H13FO/c16-15-9-6-12(7-10-15)5-8-13-3-1-2-4-14(13)11-17/h6-7,9-11H,1-4H2. The van der Waals surface area contributed by atoms with E-state index in [0.717, 1.165) is 48.7 Å². The number of carbonyl (C=O) groups excluding carboxylic acids is 1. The Balaban J connectivity index is 2.23. The van der Waals surface area contributed by atoms with Crippen LogP contribution in [-0.2, 0) is 4.79 Å². The van der Waals surface area contributed by atoms with Gasteiger partial charge >= 0.3 is 0 Å². The Morgan fingerprint density at radius 1 is 1.06 bits per heavy atom. The van der Waals surface area contributed by atoms with Crippen LogP contribution in [0.1, 0.15) is 31.2 Å². The Morgan fingerprint density at radius 3 is 2.47 bits per heavy atom. The number of benzene rings is 1. The van der Waals surface area contributed by atoms with Crippen LogP contribution in [0.2, 0.25) is 0 Å². The summed E-state index contributed by atoms with van der Waals surface area (Å²) in [5, 5.41) is 0. The molecule has 1 aromatic carbocycles. The number of carbonyl (C=O) groups is 1. The van der Waals surface area contributed by atoms with Gasteiger partial charge in [0.15, 0.2) is 0 Å². The van der Waals surface area contributed by atoms with Crippen LogP contribution in [0.5, 0.6) is 0 Å². The molecule has 0 N–H and O–H groups in total. The van der Waals surface area contributed by atoms with E-state index in [2.05, 4.69) is 11.8 Å². The van der Waals surface area contributed by atoms with Gasteiger partial charge in [0.1, 0.15) is 12.1 Å². The van der Waals surface area contributed by atoms with Gasteiger partial charge < -0.3 is 0 Å². The third-order valence-corrected chi connectivity index (χ3v) is 2.85. The SMILES string of the molecule is O=CC1=C(C#Cc2ccc(F)cc2)CCCC1. The molecule has 2 rings (SSSR count). The highest BCUT2D eigenvalue weighted by molar-refractivity contribution is 5.76. The molecule has 0 spiro atoms. The second kappa shape index (κ2) is 5.45. The molecule has 1 aromatic rings. The van der Waals surface area contributed by atoms with Crippen molar-refractivity contribution in [1.82, 2.24) is 0 Å². The van der Waals surface area contributed by atoms with Crippen molar-refractivity contribution in [2.24, 2.45) is 0 Å². The van der Waals surface area contributed by atoms with Crippen molar-refractivity contribution in [3.05, 3.63) is 46.8 Å². The van der Waals surface area contributed by atoms with Crippen LogP contribution in [0.15, 0.2) is 35.4 Å². The molecule has 0 fully saturated rings. The normalized spacial score (nSPS) is 15.1. The van der Waals surface area contributed by atoms with E-state index in [-0.39, 0.29) is 5.82 Å². The van der Waals surface area contributed by atoms with Crippen molar-refractivity contribution in [2.45, 2.75) is 25.7 Å². The quantitative estimate of drug-likeness (QED) is 0.532. The number of rotatable bonds is 1. The van der Waals surface area contributed by atoms with E-state index in [4.69, 9.17) is 0 Å². The van der Waals surface area contributed by atoms with Gasteiger partial charge in [0.05, 0.1) is 0 Å². The molecule has 0 heterocycles. The monoisotopic (exact) mass is 228 g/mol. The fourth-order valence-corrected chi connectivity index (χ4v) is 1.88. The number of aldehydes is 1. The van der Waals surface area contributed by atoms with Crippen molar-refractivity contribution in [1.29, 1.82) is 0 Å². The van der Waals surface area contributed by atoms with Gasteiger partial charge in [-0.2, -0.15) is 0 Å². The predicted octanol–water partition coefficient (Wildman–Crippen LogP) is 3.25. The highest BCUT2D eigenvalue weighted by Crippen LogP contribution is 2.22. The van der Waals surface area contributed by atoms with E-state index in [1.165, 1.54) is 12.1 Å². The first-order chi connectivity index (χ1) is 8.29. The van der Waals surface area contributed by atoms with Crippen LogP contribution in [0.3, 0.4) is 0 Å². The van der Waals surface area contributed by atoms with E-state index in [1.54, 1.807) is 12.1 Å². The van der Waals surface area contributed by atoms with E-state index >= 15 is 0 Å². The Labute approximate surface area is 100 Å². The Hall–Kier alpha value is -1.88. The largest absolute Gasteiger partial charge is 0.298 e. The first-order valence-corrected chi connectivity index (χ1v) is 5.74. The van der Waals surface area contributed by atoms with Crippen molar-refractivity contribution < 1.29 is 9.18 Å².